The van der Waals surface area contributed by atoms with Crippen LogP contribution >= 0.6 is 0 Å². The summed E-state index contributed by atoms with van der Waals surface area (Å²) in [6.07, 6.45) is 3.42. The summed E-state index contributed by atoms with van der Waals surface area (Å²) in [6.45, 7) is 3.12. The third-order valence-corrected chi connectivity index (χ3v) is 4.57. The monoisotopic (exact) mass is 317 g/mol. The Balaban J connectivity index is 1.84. The number of likely N-dealkylation sites (N-methyl/N-ethyl adjacent to an activating group) is 1. The summed E-state index contributed by atoms with van der Waals surface area (Å²) < 4.78 is 0. The fraction of sp³-hybridized carbons (Fsp3) is 0.238. The lowest BCUT2D eigenvalue weighted by atomic mass is 9.90. The topological polar surface area (TPSA) is 29.0 Å². The van der Waals surface area contributed by atoms with Crippen LogP contribution in [0.4, 0.5) is 0 Å². The van der Waals surface area contributed by atoms with E-state index in [1.165, 1.54) is 11.1 Å². The first-order valence-electron chi connectivity index (χ1n) is 8.31. The SMILES string of the molecule is C[C@@H](c1ccncn1)N(C)CC(c1ccccc1)c1ccccc1. The molecule has 1 aromatic heterocycles. The molecule has 3 nitrogen and oxygen atoms in total. The third-order valence-electron chi connectivity index (χ3n) is 4.57. The van der Waals surface area contributed by atoms with E-state index in [9.17, 15) is 0 Å². The predicted molar refractivity (Wildman–Crippen MR) is 97.8 cm³/mol. The van der Waals surface area contributed by atoms with Gasteiger partial charge in [0.1, 0.15) is 6.33 Å². The smallest absolute Gasteiger partial charge is 0.115 e. The molecule has 3 aromatic rings. The Hall–Kier alpha value is -2.52. The molecule has 0 saturated heterocycles. The number of hydrogen-bond donors (Lipinski definition) is 0. The van der Waals surface area contributed by atoms with Gasteiger partial charge in [0.05, 0.1) is 5.69 Å². The van der Waals surface area contributed by atoms with Crippen LogP contribution < -0.4 is 0 Å². The first-order valence-corrected chi connectivity index (χ1v) is 8.31. The molecular weight excluding hydrogens is 294 g/mol. The van der Waals surface area contributed by atoms with Crippen molar-refractivity contribution < 1.29 is 0 Å². The summed E-state index contributed by atoms with van der Waals surface area (Å²) in [5.41, 5.74) is 3.73. The van der Waals surface area contributed by atoms with Crippen molar-refractivity contribution >= 4 is 0 Å². The molecule has 0 aliphatic heterocycles. The number of aromatic nitrogens is 2. The second-order valence-corrected chi connectivity index (χ2v) is 6.12. The molecule has 1 atom stereocenters. The zero-order valence-corrected chi connectivity index (χ0v) is 14.2. The molecule has 0 aliphatic rings. The molecular formula is C21H23N3. The van der Waals surface area contributed by atoms with Crippen LogP contribution in [0.3, 0.4) is 0 Å². The molecule has 0 unspecified atom stereocenters. The van der Waals surface area contributed by atoms with Gasteiger partial charge < -0.3 is 0 Å². The Morgan fingerprint density at radius 1 is 0.875 bits per heavy atom. The molecule has 0 spiro atoms. The fourth-order valence-electron chi connectivity index (χ4n) is 2.99. The number of benzene rings is 2. The molecule has 0 radical (unpaired) electrons. The lowest BCUT2D eigenvalue weighted by Gasteiger charge is -2.29. The summed E-state index contributed by atoms with van der Waals surface area (Å²) in [7, 11) is 2.16. The average molecular weight is 317 g/mol. The van der Waals surface area contributed by atoms with Crippen LogP contribution in [0, 0.1) is 0 Å². The van der Waals surface area contributed by atoms with Gasteiger partial charge in [0.2, 0.25) is 0 Å². The summed E-state index contributed by atoms with van der Waals surface area (Å²) in [5, 5.41) is 0. The molecule has 0 aliphatic carbocycles. The molecule has 122 valence electrons. The highest BCUT2D eigenvalue weighted by Crippen LogP contribution is 2.28. The highest BCUT2D eigenvalue weighted by molar-refractivity contribution is 5.32. The minimum atomic E-state index is 0.239. The van der Waals surface area contributed by atoms with E-state index in [1.807, 2.05) is 6.07 Å². The normalized spacial score (nSPS) is 12.5. The lowest BCUT2D eigenvalue weighted by Crippen LogP contribution is -2.28. The van der Waals surface area contributed by atoms with E-state index in [-0.39, 0.29) is 6.04 Å². The van der Waals surface area contributed by atoms with Crippen molar-refractivity contribution in [2.75, 3.05) is 13.6 Å². The van der Waals surface area contributed by atoms with Crippen molar-refractivity contribution in [3.63, 3.8) is 0 Å². The van der Waals surface area contributed by atoms with E-state index in [0.29, 0.717) is 5.92 Å². The van der Waals surface area contributed by atoms with Crippen LogP contribution in [0.25, 0.3) is 0 Å². The van der Waals surface area contributed by atoms with Crippen LogP contribution in [-0.2, 0) is 0 Å². The number of rotatable bonds is 6. The molecule has 0 saturated carbocycles. The van der Waals surface area contributed by atoms with E-state index in [2.05, 4.69) is 89.5 Å². The van der Waals surface area contributed by atoms with E-state index in [0.717, 1.165) is 12.2 Å². The van der Waals surface area contributed by atoms with Gasteiger partial charge in [-0.15, -0.1) is 0 Å². The lowest BCUT2D eigenvalue weighted by molar-refractivity contribution is 0.249. The zero-order valence-electron chi connectivity index (χ0n) is 14.2. The summed E-state index contributed by atoms with van der Waals surface area (Å²) in [6, 6.07) is 23.6. The van der Waals surface area contributed by atoms with Crippen LogP contribution in [0.5, 0.6) is 0 Å². The quantitative estimate of drug-likeness (QED) is 0.678. The van der Waals surface area contributed by atoms with Crippen LogP contribution in [0.2, 0.25) is 0 Å². The molecule has 0 fully saturated rings. The highest BCUT2D eigenvalue weighted by Gasteiger charge is 2.20. The van der Waals surface area contributed by atoms with Crippen molar-refractivity contribution in [2.24, 2.45) is 0 Å². The second-order valence-electron chi connectivity index (χ2n) is 6.12. The summed E-state index contributed by atoms with van der Waals surface area (Å²) in [5.74, 6) is 0.335. The Kier molecular flexibility index (Phi) is 5.34. The molecule has 3 rings (SSSR count). The fourth-order valence-corrected chi connectivity index (χ4v) is 2.99. The van der Waals surface area contributed by atoms with Crippen LogP contribution in [-0.4, -0.2) is 28.5 Å². The standard InChI is InChI=1S/C21H23N3/c1-17(21-13-14-22-16-23-21)24(2)15-20(18-9-5-3-6-10-18)19-11-7-4-8-12-19/h3-14,16-17,20H,15H2,1-2H3/t17-/m0/s1. The first-order chi connectivity index (χ1) is 11.8. The van der Waals surface area contributed by atoms with Gasteiger partial charge >= 0.3 is 0 Å². The largest absolute Gasteiger partial charge is 0.297 e. The second kappa shape index (κ2) is 7.84. The third kappa shape index (κ3) is 3.87. The molecule has 2 aromatic carbocycles. The van der Waals surface area contributed by atoms with Crippen LogP contribution in [0.1, 0.15) is 35.7 Å². The minimum Gasteiger partial charge on any atom is -0.297 e. The van der Waals surface area contributed by atoms with Gasteiger partial charge in [-0.2, -0.15) is 0 Å². The van der Waals surface area contributed by atoms with Crippen molar-refractivity contribution in [1.82, 2.24) is 14.9 Å². The average Bonchev–Trinajstić information content (AvgIpc) is 2.67. The molecule has 3 heteroatoms. The van der Waals surface area contributed by atoms with Gasteiger partial charge in [-0.05, 0) is 31.2 Å². The Labute approximate surface area is 144 Å². The van der Waals surface area contributed by atoms with E-state index in [4.69, 9.17) is 0 Å². The molecule has 24 heavy (non-hydrogen) atoms. The van der Waals surface area contributed by atoms with E-state index >= 15 is 0 Å². The van der Waals surface area contributed by atoms with E-state index < -0.39 is 0 Å². The maximum Gasteiger partial charge on any atom is 0.115 e. The summed E-state index contributed by atoms with van der Waals surface area (Å²) >= 11 is 0. The van der Waals surface area contributed by atoms with E-state index in [1.54, 1.807) is 12.5 Å². The van der Waals surface area contributed by atoms with Gasteiger partial charge in [-0.1, -0.05) is 60.7 Å². The van der Waals surface area contributed by atoms with Crippen molar-refractivity contribution in [3.05, 3.63) is 96.1 Å². The summed E-state index contributed by atoms with van der Waals surface area (Å²) in [4.78, 5) is 10.8. The zero-order chi connectivity index (χ0) is 16.8. The van der Waals surface area contributed by atoms with Crippen molar-refractivity contribution in [2.45, 2.75) is 18.9 Å². The maximum atomic E-state index is 4.40. The first kappa shape index (κ1) is 16.3. The van der Waals surface area contributed by atoms with Gasteiger partial charge in [-0.3, -0.25) is 4.90 Å². The number of hydrogen-bond acceptors (Lipinski definition) is 3. The van der Waals surface area contributed by atoms with Gasteiger partial charge in [0, 0.05) is 24.7 Å². The molecule has 0 amide bonds. The number of nitrogens with zero attached hydrogens (tertiary/aromatic N) is 3. The molecule has 0 N–H and O–H groups in total. The highest BCUT2D eigenvalue weighted by atomic mass is 15.1. The van der Waals surface area contributed by atoms with Gasteiger partial charge in [0.25, 0.3) is 0 Å². The van der Waals surface area contributed by atoms with Gasteiger partial charge in [-0.25, -0.2) is 9.97 Å². The molecule has 1 heterocycles. The Morgan fingerprint density at radius 3 is 1.96 bits per heavy atom. The maximum absolute atomic E-state index is 4.40. The van der Waals surface area contributed by atoms with Crippen molar-refractivity contribution in [3.8, 4) is 0 Å². The van der Waals surface area contributed by atoms with Crippen molar-refractivity contribution in [1.29, 1.82) is 0 Å². The predicted octanol–water partition coefficient (Wildman–Crippen LogP) is 4.30. The molecule has 0 bridgehead atoms. The minimum absolute atomic E-state index is 0.239. The van der Waals surface area contributed by atoms with Crippen LogP contribution in [0.15, 0.2) is 79.3 Å². The Morgan fingerprint density at radius 2 is 1.46 bits per heavy atom. The van der Waals surface area contributed by atoms with Gasteiger partial charge in [0.15, 0.2) is 0 Å². The Bertz CT molecular complexity index is 689.